The van der Waals surface area contributed by atoms with Crippen LogP contribution in [-0.4, -0.2) is 25.0 Å². The summed E-state index contributed by atoms with van der Waals surface area (Å²) in [5, 5.41) is 6.12. The van der Waals surface area contributed by atoms with E-state index in [-0.39, 0.29) is 5.91 Å². The average Bonchev–Trinajstić information content (AvgIpc) is 2.53. The second-order valence-electron chi connectivity index (χ2n) is 3.73. The lowest BCUT2D eigenvalue weighted by atomic mass is 10.1. The van der Waals surface area contributed by atoms with E-state index in [1.54, 1.807) is 0 Å². The van der Waals surface area contributed by atoms with Crippen LogP contribution in [0.3, 0.4) is 0 Å². The van der Waals surface area contributed by atoms with Crippen molar-refractivity contribution in [3.05, 3.63) is 12.2 Å². The Bertz CT molecular complexity index is 195. The second kappa shape index (κ2) is 5.02. The van der Waals surface area contributed by atoms with E-state index >= 15 is 0 Å². The Balaban J connectivity index is 2.13. The van der Waals surface area contributed by atoms with Crippen LogP contribution in [0.25, 0.3) is 0 Å². The van der Waals surface area contributed by atoms with Gasteiger partial charge in [0.1, 0.15) is 0 Å². The molecule has 2 N–H and O–H groups in total. The Kier molecular flexibility index (Phi) is 3.96. The van der Waals surface area contributed by atoms with Gasteiger partial charge in [-0.1, -0.05) is 12.2 Å². The third-order valence-corrected chi connectivity index (χ3v) is 2.18. The van der Waals surface area contributed by atoms with Gasteiger partial charge in [0.25, 0.3) is 0 Å². The van der Waals surface area contributed by atoms with Gasteiger partial charge in [0.2, 0.25) is 5.91 Å². The van der Waals surface area contributed by atoms with Gasteiger partial charge in [0.05, 0.1) is 0 Å². The lowest BCUT2D eigenvalue weighted by Crippen LogP contribution is -2.32. The fraction of sp³-hybridized carbons (Fsp3) is 0.700. The molecule has 1 saturated heterocycles. The molecule has 0 aromatic carbocycles. The van der Waals surface area contributed by atoms with Gasteiger partial charge in [-0.15, -0.1) is 0 Å². The summed E-state index contributed by atoms with van der Waals surface area (Å²) in [4.78, 5) is 11.3. The van der Waals surface area contributed by atoms with E-state index in [9.17, 15) is 4.79 Å². The van der Waals surface area contributed by atoms with Crippen LogP contribution < -0.4 is 10.6 Å². The van der Waals surface area contributed by atoms with Crippen molar-refractivity contribution in [1.29, 1.82) is 0 Å². The van der Waals surface area contributed by atoms with E-state index in [1.807, 2.05) is 6.92 Å². The summed E-state index contributed by atoms with van der Waals surface area (Å²) in [7, 11) is 0. The Hall–Kier alpha value is -0.830. The summed E-state index contributed by atoms with van der Waals surface area (Å²) in [6.07, 6.45) is 2.92. The summed E-state index contributed by atoms with van der Waals surface area (Å²) >= 11 is 0. The Morgan fingerprint density at radius 3 is 3.00 bits per heavy atom. The van der Waals surface area contributed by atoms with Crippen LogP contribution in [0.4, 0.5) is 0 Å². The minimum Gasteiger partial charge on any atom is -0.352 e. The van der Waals surface area contributed by atoms with Gasteiger partial charge in [0, 0.05) is 19.0 Å². The lowest BCUT2D eigenvalue weighted by Gasteiger charge is -2.09. The molecule has 1 atom stereocenters. The number of hydrogen-bond donors (Lipinski definition) is 2. The first-order chi connectivity index (χ1) is 6.18. The van der Waals surface area contributed by atoms with E-state index in [4.69, 9.17) is 0 Å². The molecule has 1 amide bonds. The van der Waals surface area contributed by atoms with Gasteiger partial charge >= 0.3 is 0 Å². The largest absolute Gasteiger partial charge is 0.352 e. The standard InChI is InChI=1S/C10H18N2O/c1-8(2)7-12-10(13)6-9-4-3-5-11-9/h9,11H,1,3-7H2,2H3,(H,12,13). The van der Waals surface area contributed by atoms with E-state index < -0.39 is 0 Å². The quantitative estimate of drug-likeness (QED) is 0.632. The lowest BCUT2D eigenvalue weighted by molar-refractivity contribution is -0.121. The van der Waals surface area contributed by atoms with Gasteiger partial charge in [-0.2, -0.15) is 0 Å². The molecule has 1 heterocycles. The number of hydrogen-bond acceptors (Lipinski definition) is 2. The number of rotatable bonds is 4. The second-order valence-corrected chi connectivity index (χ2v) is 3.73. The predicted octanol–water partition coefficient (Wildman–Crippen LogP) is 0.821. The third-order valence-electron chi connectivity index (χ3n) is 2.18. The molecule has 1 aliphatic rings. The number of amides is 1. The molecular weight excluding hydrogens is 164 g/mol. The molecular formula is C10H18N2O. The van der Waals surface area contributed by atoms with Gasteiger partial charge in [-0.3, -0.25) is 4.79 Å². The van der Waals surface area contributed by atoms with E-state index in [0.717, 1.165) is 18.5 Å². The van der Waals surface area contributed by atoms with Crippen LogP contribution in [0.1, 0.15) is 26.2 Å². The van der Waals surface area contributed by atoms with Gasteiger partial charge in [0.15, 0.2) is 0 Å². The third kappa shape index (κ3) is 4.08. The number of carbonyl (C=O) groups excluding carboxylic acids is 1. The zero-order valence-corrected chi connectivity index (χ0v) is 8.23. The molecule has 0 bridgehead atoms. The maximum Gasteiger partial charge on any atom is 0.221 e. The maximum atomic E-state index is 11.3. The van der Waals surface area contributed by atoms with Crippen LogP contribution in [0, 0.1) is 0 Å². The molecule has 74 valence electrons. The molecule has 1 rings (SSSR count). The van der Waals surface area contributed by atoms with Crippen LogP contribution in [0.2, 0.25) is 0 Å². The van der Waals surface area contributed by atoms with Crippen molar-refractivity contribution in [3.63, 3.8) is 0 Å². The molecule has 3 heteroatoms. The molecule has 1 unspecified atom stereocenters. The van der Waals surface area contributed by atoms with Gasteiger partial charge < -0.3 is 10.6 Å². The fourth-order valence-electron chi connectivity index (χ4n) is 1.48. The first-order valence-corrected chi connectivity index (χ1v) is 4.83. The highest BCUT2D eigenvalue weighted by Gasteiger charge is 2.16. The maximum absolute atomic E-state index is 11.3. The van der Waals surface area contributed by atoms with Crippen molar-refractivity contribution in [3.8, 4) is 0 Å². The van der Waals surface area contributed by atoms with Crippen molar-refractivity contribution in [2.45, 2.75) is 32.2 Å². The summed E-state index contributed by atoms with van der Waals surface area (Å²) in [6, 6.07) is 0.394. The molecule has 1 fully saturated rings. The number of carbonyl (C=O) groups is 1. The van der Waals surface area contributed by atoms with Crippen molar-refractivity contribution in [2.75, 3.05) is 13.1 Å². The highest BCUT2D eigenvalue weighted by molar-refractivity contribution is 5.76. The minimum absolute atomic E-state index is 0.127. The molecule has 0 aromatic heterocycles. The van der Waals surface area contributed by atoms with Crippen LogP contribution in [-0.2, 0) is 4.79 Å². The summed E-state index contributed by atoms with van der Waals surface area (Å²) in [6.45, 7) is 7.30. The molecule has 1 aliphatic heterocycles. The first-order valence-electron chi connectivity index (χ1n) is 4.83. The monoisotopic (exact) mass is 182 g/mol. The predicted molar refractivity (Wildman–Crippen MR) is 53.5 cm³/mol. The number of nitrogens with one attached hydrogen (secondary N) is 2. The highest BCUT2D eigenvalue weighted by atomic mass is 16.1. The summed E-state index contributed by atoms with van der Waals surface area (Å²) in [5.74, 6) is 0.127. The SMILES string of the molecule is C=C(C)CNC(=O)CC1CCCN1. The molecule has 3 nitrogen and oxygen atoms in total. The minimum atomic E-state index is 0.127. The van der Waals surface area contributed by atoms with Crippen molar-refractivity contribution < 1.29 is 4.79 Å². The molecule has 0 radical (unpaired) electrons. The molecule has 0 spiro atoms. The summed E-state index contributed by atoms with van der Waals surface area (Å²) in [5.41, 5.74) is 0.993. The van der Waals surface area contributed by atoms with Gasteiger partial charge in [-0.25, -0.2) is 0 Å². The fourth-order valence-corrected chi connectivity index (χ4v) is 1.48. The molecule has 0 saturated carbocycles. The molecule has 0 aliphatic carbocycles. The highest BCUT2D eigenvalue weighted by Crippen LogP contribution is 2.07. The molecule has 0 aromatic rings. The zero-order chi connectivity index (χ0) is 9.68. The van der Waals surface area contributed by atoms with Gasteiger partial charge in [-0.05, 0) is 26.3 Å². The zero-order valence-electron chi connectivity index (χ0n) is 8.23. The van der Waals surface area contributed by atoms with Crippen molar-refractivity contribution >= 4 is 5.91 Å². The average molecular weight is 182 g/mol. The van der Waals surface area contributed by atoms with Crippen LogP contribution in [0.15, 0.2) is 12.2 Å². The Labute approximate surface area is 79.6 Å². The Morgan fingerprint density at radius 1 is 1.69 bits per heavy atom. The Morgan fingerprint density at radius 2 is 2.46 bits per heavy atom. The van der Waals surface area contributed by atoms with E-state index in [0.29, 0.717) is 19.0 Å². The van der Waals surface area contributed by atoms with E-state index in [2.05, 4.69) is 17.2 Å². The van der Waals surface area contributed by atoms with Crippen molar-refractivity contribution in [1.82, 2.24) is 10.6 Å². The normalized spacial score (nSPS) is 21.5. The van der Waals surface area contributed by atoms with Crippen LogP contribution in [0.5, 0.6) is 0 Å². The smallest absolute Gasteiger partial charge is 0.221 e. The van der Waals surface area contributed by atoms with Crippen molar-refractivity contribution in [2.24, 2.45) is 0 Å². The molecule has 13 heavy (non-hydrogen) atoms. The first kappa shape index (κ1) is 10.3. The van der Waals surface area contributed by atoms with Crippen LogP contribution >= 0.6 is 0 Å². The summed E-state index contributed by atoms with van der Waals surface area (Å²) < 4.78 is 0. The topological polar surface area (TPSA) is 41.1 Å². The van der Waals surface area contributed by atoms with E-state index in [1.165, 1.54) is 6.42 Å².